The third-order valence-corrected chi connectivity index (χ3v) is 6.87. The number of piperidine rings is 2. The van der Waals surface area contributed by atoms with Crippen LogP contribution in [0.15, 0.2) is 24.3 Å². The molecule has 27 heavy (non-hydrogen) atoms. The Kier molecular flexibility index (Phi) is 5.56. The average molecular weight is 371 g/mol. The van der Waals surface area contributed by atoms with Gasteiger partial charge in [0, 0.05) is 31.7 Å². The lowest BCUT2D eigenvalue weighted by atomic mass is 9.76. The van der Waals surface area contributed by atoms with Crippen LogP contribution in [0.4, 0.5) is 0 Å². The van der Waals surface area contributed by atoms with Gasteiger partial charge in [0.05, 0.1) is 12.7 Å². The smallest absolute Gasteiger partial charge is 0.253 e. The van der Waals surface area contributed by atoms with Crippen LogP contribution < -0.4 is 0 Å². The number of hydrogen-bond acceptors (Lipinski definition) is 3. The third-order valence-electron chi connectivity index (χ3n) is 6.87. The van der Waals surface area contributed by atoms with Gasteiger partial charge in [-0.25, -0.2) is 0 Å². The molecule has 3 aliphatic rings. The topological polar surface area (TPSA) is 32.8 Å². The molecule has 0 bridgehead atoms. The van der Waals surface area contributed by atoms with Crippen LogP contribution >= 0.6 is 0 Å². The molecule has 1 amide bonds. The Labute approximate surface area is 163 Å². The summed E-state index contributed by atoms with van der Waals surface area (Å²) < 4.78 is 6.24. The van der Waals surface area contributed by atoms with Crippen molar-refractivity contribution in [1.82, 2.24) is 9.80 Å². The van der Waals surface area contributed by atoms with Crippen LogP contribution in [0.2, 0.25) is 0 Å². The van der Waals surface area contributed by atoms with Crippen molar-refractivity contribution < 1.29 is 9.53 Å². The second kappa shape index (κ2) is 7.92. The van der Waals surface area contributed by atoms with Gasteiger partial charge in [0.1, 0.15) is 0 Å². The van der Waals surface area contributed by atoms with Crippen LogP contribution in [0.1, 0.15) is 54.9 Å². The van der Waals surface area contributed by atoms with Gasteiger partial charge in [0.25, 0.3) is 5.91 Å². The summed E-state index contributed by atoms with van der Waals surface area (Å²) in [6.45, 7) is 10.6. The van der Waals surface area contributed by atoms with Crippen molar-refractivity contribution >= 4 is 5.91 Å². The highest BCUT2D eigenvalue weighted by Crippen LogP contribution is 2.42. The minimum absolute atomic E-state index is 0.186. The Morgan fingerprint density at radius 1 is 1.26 bits per heavy atom. The van der Waals surface area contributed by atoms with E-state index < -0.39 is 0 Å². The van der Waals surface area contributed by atoms with Gasteiger partial charge >= 0.3 is 0 Å². The normalized spacial score (nSPS) is 28.6. The minimum Gasteiger partial charge on any atom is -0.376 e. The minimum atomic E-state index is 0.186. The lowest BCUT2D eigenvalue weighted by Crippen LogP contribution is -2.44. The van der Waals surface area contributed by atoms with Crippen LogP contribution in [0.25, 0.3) is 0 Å². The molecule has 1 spiro atoms. The van der Waals surface area contributed by atoms with E-state index in [2.05, 4.69) is 11.8 Å². The molecular formula is C23H34N2O2. The summed E-state index contributed by atoms with van der Waals surface area (Å²) in [6.07, 6.45) is 6.42. The number of ether oxygens (including phenoxy) is 1. The number of nitrogens with zero attached hydrogens (tertiary/aromatic N) is 2. The highest BCUT2D eigenvalue weighted by molar-refractivity contribution is 5.94. The van der Waals surface area contributed by atoms with E-state index in [9.17, 15) is 4.79 Å². The lowest BCUT2D eigenvalue weighted by Gasteiger charge is -2.38. The summed E-state index contributed by atoms with van der Waals surface area (Å²) in [7, 11) is 0. The van der Waals surface area contributed by atoms with Gasteiger partial charge < -0.3 is 14.5 Å². The van der Waals surface area contributed by atoms with Crippen molar-refractivity contribution in [3.05, 3.63) is 35.4 Å². The molecule has 3 saturated heterocycles. The first-order valence-electron chi connectivity index (χ1n) is 10.7. The molecule has 3 heterocycles. The molecule has 0 aliphatic carbocycles. The first-order chi connectivity index (χ1) is 13.0. The predicted octanol–water partition coefficient (Wildman–Crippen LogP) is 3.74. The standard InChI is InChI=1S/C23H34N2O2/c1-18-5-3-7-20(13-18)22(26)25-11-8-23(9-12-25)14-21(27-17-23)16-24-10-4-6-19(2)15-24/h3,5,7,13,19,21H,4,6,8-12,14-17H2,1-2H3/t19-,21+/m1/s1. The molecule has 0 saturated carbocycles. The molecule has 0 radical (unpaired) electrons. The fourth-order valence-corrected chi connectivity index (χ4v) is 5.25. The Bertz CT molecular complexity index is 666. The zero-order chi connectivity index (χ0) is 18.9. The van der Waals surface area contributed by atoms with E-state index in [0.717, 1.165) is 56.1 Å². The number of carbonyl (C=O) groups excluding carboxylic acids is 1. The van der Waals surface area contributed by atoms with Gasteiger partial charge in [-0.15, -0.1) is 0 Å². The van der Waals surface area contributed by atoms with E-state index in [1.54, 1.807) is 0 Å². The molecule has 3 fully saturated rings. The molecule has 148 valence electrons. The van der Waals surface area contributed by atoms with E-state index in [1.165, 1.54) is 32.4 Å². The predicted molar refractivity (Wildman–Crippen MR) is 108 cm³/mol. The van der Waals surface area contributed by atoms with E-state index in [1.807, 2.05) is 36.1 Å². The molecule has 1 aromatic carbocycles. The van der Waals surface area contributed by atoms with Crippen LogP contribution in [0.5, 0.6) is 0 Å². The van der Waals surface area contributed by atoms with E-state index in [-0.39, 0.29) is 5.91 Å². The van der Waals surface area contributed by atoms with Crippen molar-refractivity contribution in [1.29, 1.82) is 0 Å². The second-order valence-corrected chi connectivity index (χ2v) is 9.31. The lowest BCUT2D eigenvalue weighted by molar-refractivity contribution is 0.0402. The number of aryl methyl sites for hydroxylation is 1. The fraction of sp³-hybridized carbons (Fsp3) is 0.696. The maximum atomic E-state index is 12.8. The maximum Gasteiger partial charge on any atom is 0.253 e. The van der Waals surface area contributed by atoms with Gasteiger partial charge in [0.2, 0.25) is 0 Å². The SMILES string of the molecule is Cc1cccc(C(=O)N2CCC3(CC2)CO[C@H](CN2CCC[C@@H](C)C2)C3)c1. The molecule has 3 aliphatic heterocycles. The first kappa shape index (κ1) is 18.9. The van der Waals surface area contributed by atoms with Gasteiger partial charge in [-0.3, -0.25) is 4.79 Å². The largest absolute Gasteiger partial charge is 0.376 e. The fourth-order valence-electron chi connectivity index (χ4n) is 5.25. The van der Waals surface area contributed by atoms with Crippen molar-refractivity contribution in [2.45, 2.75) is 52.1 Å². The summed E-state index contributed by atoms with van der Waals surface area (Å²) >= 11 is 0. The van der Waals surface area contributed by atoms with E-state index in [0.29, 0.717) is 11.5 Å². The molecule has 1 aromatic rings. The Balaban J connectivity index is 1.29. The summed E-state index contributed by atoms with van der Waals surface area (Å²) in [5.74, 6) is 1.01. The number of benzene rings is 1. The van der Waals surface area contributed by atoms with Crippen LogP contribution in [-0.2, 0) is 4.74 Å². The maximum absolute atomic E-state index is 12.8. The van der Waals surface area contributed by atoms with Crippen molar-refractivity contribution in [3.8, 4) is 0 Å². The van der Waals surface area contributed by atoms with Crippen LogP contribution in [0, 0.1) is 18.3 Å². The van der Waals surface area contributed by atoms with Crippen molar-refractivity contribution in [2.24, 2.45) is 11.3 Å². The summed E-state index contributed by atoms with van der Waals surface area (Å²) in [5.41, 5.74) is 2.27. The zero-order valence-corrected chi connectivity index (χ0v) is 17.0. The van der Waals surface area contributed by atoms with Crippen molar-refractivity contribution in [3.63, 3.8) is 0 Å². The Hall–Kier alpha value is -1.39. The molecule has 0 N–H and O–H groups in total. The van der Waals surface area contributed by atoms with E-state index >= 15 is 0 Å². The molecule has 4 rings (SSSR count). The van der Waals surface area contributed by atoms with Crippen molar-refractivity contribution in [2.75, 3.05) is 39.3 Å². The summed E-state index contributed by atoms with van der Waals surface area (Å²) in [5, 5.41) is 0. The Morgan fingerprint density at radius 3 is 2.81 bits per heavy atom. The quantitative estimate of drug-likeness (QED) is 0.813. The van der Waals surface area contributed by atoms with Gasteiger partial charge in [-0.1, -0.05) is 24.6 Å². The summed E-state index contributed by atoms with van der Waals surface area (Å²) in [6, 6.07) is 7.96. The molecule has 0 aromatic heterocycles. The molecular weight excluding hydrogens is 336 g/mol. The second-order valence-electron chi connectivity index (χ2n) is 9.31. The molecule has 4 heteroatoms. The van der Waals surface area contributed by atoms with Gasteiger partial charge in [0.15, 0.2) is 0 Å². The highest BCUT2D eigenvalue weighted by atomic mass is 16.5. The monoisotopic (exact) mass is 370 g/mol. The van der Waals surface area contributed by atoms with Crippen LogP contribution in [-0.4, -0.2) is 61.1 Å². The highest BCUT2D eigenvalue weighted by Gasteiger charge is 2.43. The average Bonchev–Trinajstić information content (AvgIpc) is 3.04. The number of likely N-dealkylation sites (tertiary alicyclic amines) is 2. The molecule has 2 atom stereocenters. The Morgan fingerprint density at radius 2 is 2.07 bits per heavy atom. The number of carbonyl (C=O) groups is 1. The first-order valence-corrected chi connectivity index (χ1v) is 10.7. The molecule has 4 nitrogen and oxygen atoms in total. The van der Waals surface area contributed by atoms with E-state index in [4.69, 9.17) is 4.74 Å². The molecule has 0 unspecified atom stereocenters. The number of hydrogen-bond donors (Lipinski definition) is 0. The zero-order valence-electron chi connectivity index (χ0n) is 17.0. The van der Waals surface area contributed by atoms with Gasteiger partial charge in [-0.05, 0) is 69.0 Å². The third kappa shape index (κ3) is 4.38. The number of rotatable bonds is 3. The van der Waals surface area contributed by atoms with Crippen LogP contribution in [0.3, 0.4) is 0 Å². The van der Waals surface area contributed by atoms with Gasteiger partial charge in [-0.2, -0.15) is 0 Å². The summed E-state index contributed by atoms with van der Waals surface area (Å²) in [4.78, 5) is 17.4. The number of amides is 1.